The van der Waals surface area contributed by atoms with Gasteiger partial charge in [-0.1, -0.05) is 0 Å². The topological polar surface area (TPSA) is 39.9 Å². The van der Waals surface area contributed by atoms with Crippen molar-refractivity contribution >= 4 is 11.2 Å². The molecule has 138 valence electrons. The van der Waals surface area contributed by atoms with Crippen LogP contribution in [0.2, 0.25) is 0 Å². The standard InChI is InChI=1S/C19H20F3N3O/c1-10(2)25-9-11(3)16-18(25)23-12(4)17(24-16)14-7-6-13(19(20,21)22)8-15(14)26-5/h6-10H,1-5H3. The number of nitrogens with zero attached hydrogens (tertiary/aromatic N) is 3. The van der Waals surface area contributed by atoms with Crippen molar-refractivity contribution in [2.24, 2.45) is 0 Å². The Bertz CT molecular complexity index is 974. The molecule has 0 spiro atoms. The third-order valence-electron chi connectivity index (χ3n) is 4.34. The summed E-state index contributed by atoms with van der Waals surface area (Å²) in [6.45, 7) is 7.86. The van der Waals surface area contributed by atoms with Crippen molar-refractivity contribution in [2.45, 2.75) is 39.9 Å². The van der Waals surface area contributed by atoms with Gasteiger partial charge in [0.05, 0.1) is 24.1 Å². The van der Waals surface area contributed by atoms with Crippen molar-refractivity contribution in [3.63, 3.8) is 0 Å². The van der Waals surface area contributed by atoms with E-state index in [-0.39, 0.29) is 11.8 Å². The Kier molecular flexibility index (Phi) is 4.42. The van der Waals surface area contributed by atoms with E-state index in [1.54, 1.807) is 6.92 Å². The van der Waals surface area contributed by atoms with E-state index in [4.69, 9.17) is 9.72 Å². The van der Waals surface area contributed by atoms with Crippen LogP contribution in [-0.4, -0.2) is 21.6 Å². The Morgan fingerprint density at radius 3 is 2.38 bits per heavy atom. The minimum Gasteiger partial charge on any atom is -0.496 e. The zero-order valence-corrected chi connectivity index (χ0v) is 15.3. The normalized spacial score (nSPS) is 12.2. The van der Waals surface area contributed by atoms with Gasteiger partial charge in [0.15, 0.2) is 5.65 Å². The fourth-order valence-corrected chi connectivity index (χ4v) is 2.99. The van der Waals surface area contributed by atoms with Crippen LogP contribution in [0.15, 0.2) is 24.4 Å². The number of hydrogen-bond donors (Lipinski definition) is 0. The number of methoxy groups -OCH3 is 1. The average molecular weight is 363 g/mol. The van der Waals surface area contributed by atoms with Gasteiger partial charge >= 0.3 is 6.18 Å². The number of halogens is 3. The molecule has 0 amide bonds. The maximum Gasteiger partial charge on any atom is 0.416 e. The summed E-state index contributed by atoms with van der Waals surface area (Å²) in [6, 6.07) is 3.65. The van der Waals surface area contributed by atoms with Gasteiger partial charge in [-0.2, -0.15) is 13.2 Å². The van der Waals surface area contributed by atoms with Crippen LogP contribution in [-0.2, 0) is 6.18 Å². The smallest absolute Gasteiger partial charge is 0.416 e. The molecule has 0 N–H and O–H groups in total. The summed E-state index contributed by atoms with van der Waals surface area (Å²) in [6.07, 6.45) is -2.44. The number of rotatable bonds is 3. The van der Waals surface area contributed by atoms with Gasteiger partial charge < -0.3 is 9.30 Å². The van der Waals surface area contributed by atoms with Gasteiger partial charge in [0.1, 0.15) is 11.3 Å². The molecule has 3 rings (SSSR count). The van der Waals surface area contributed by atoms with Crippen LogP contribution >= 0.6 is 0 Å². The summed E-state index contributed by atoms with van der Waals surface area (Å²) >= 11 is 0. The van der Waals surface area contributed by atoms with Crippen LogP contribution in [0.3, 0.4) is 0 Å². The third-order valence-corrected chi connectivity index (χ3v) is 4.34. The molecule has 0 atom stereocenters. The monoisotopic (exact) mass is 363 g/mol. The number of ether oxygens (including phenoxy) is 1. The van der Waals surface area contributed by atoms with Crippen LogP contribution in [0.25, 0.3) is 22.4 Å². The van der Waals surface area contributed by atoms with Crippen molar-refractivity contribution in [3.05, 3.63) is 41.2 Å². The van der Waals surface area contributed by atoms with E-state index >= 15 is 0 Å². The first-order valence-corrected chi connectivity index (χ1v) is 8.25. The molecule has 2 heterocycles. The molecule has 7 heteroatoms. The lowest BCUT2D eigenvalue weighted by atomic mass is 10.1. The highest BCUT2D eigenvalue weighted by molar-refractivity contribution is 5.81. The first-order valence-electron chi connectivity index (χ1n) is 8.25. The minimum absolute atomic E-state index is 0.123. The molecular weight excluding hydrogens is 343 g/mol. The van der Waals surface area contributed by atoms with Crippen LogP contribution in [0.5, 0.6) is 5.75 Å². The molecule has 0 aliphatic carbocycles. The second-order valence-corrected chi connectivity index (χ2v) is 6.56. The van der Waals surface area contributed by atoms with Gasteiger partial charge in [-0.05, 0) is 51.5 Å². The molecule has 26 heavy (non-hydrogen) atoms. The largest absolute Gasteiger partial charge is 0.496 e. The SMILES string of the molecule is COc1cc(C(F)(F)F)ccc1-c1nc2c(C)cn(C(C)C)c2nc1C. The zero-order chi connectivity index (χ0) is 19.2. The Hall–Kier alpha value is -2.57. The number of hydrogen-bond acceptors (Lipinski definition) is 3. The predicted molar refractivity (Wildman–Crippen MR) is 94.4 cm³/mol. The van der Waals surface area contributed by atoms with Gasteiger partial charge in [0, 0.05) is 17.8 Å². The first kappa shape index (κ1) is 18.2. The average Bonchev–Trinajstić information content (AvgIpc) is 2.89. The van der Waals surface area contributed by atoms with E-state index in [1.165, 1.54) is 13.2 Å². The number of benzene rings is 1. The summed E-state index contributed by atoms with van der Waals surface area (Å²) in [5.74, 6) is 0.123. The molecule has 0 fully saturated rings. The Labute approximate surface area is 149 Å². The van der Waals surface area contributed by atoms with E-state index < -0.39 is 11.7 Å². The van der Waals surface area contributed by atoms with Crippen molar-refractivity contribution in [1.82, 2.24) is 14.5 Å². The maximum absolute atomic E-state index is 13.0. The number of alkyl halides is 3. The van der Waals surface area contributed by atoms with Crippen molar-refractivity contribution in [2.75, 3.05) is 7.11 Å². The molecular formula is C19H20F3N3O. The van der Waals surface area contributed by atoms with E-state index in [1.807, 2.05) is 17.7 Å². The van der Waals surface area contributed by atoms with Gasteiger partial charge in [-0.15, -0.1) is 0 Å². The van der Waals surface area contributed by atoms with E-state index in [2.05, 4.69) is 18.8 Å². The van der Waals surface area contributed by atoms with Crippen molar-refractivity contribution in [3.8, 4) is 17.0 Å². The van der Waals surface area contributed by atoms with Gasteiger partial charge in [0.2, 0.25) is 0 Å². The fourth-order valence-electron chi connectivity index (χ4n) is 2.99. The Balaban J connectivity index is 2.23. The quantitative estimate of drug-likeness (QED) is 0.632. The van der Waals surface area contributed by atoms with Crippen LogP contribution < -0.4 is 4.74 Å². The molecule has 0 bridgehead atoms. The molecule has 0 aliphatic rings. The van der Waals surface area contributed by atoms with Gasteiger partial charge in [0.25, 0.3) is 0 Å². The summed E-state index contributed by atoms with van der Waals surface area (Å²) in [4.78, 5) is 9.37. The molecule has 3 aromatic rings. The molecule has 0 radical (unpaired) electrons. The molecule has 1 aromatic carbocycles. The molecule has 4 nitrogen and oxygen atoms in total. The summed E-state index contributed by atoms with van der Waals surface area (Å²) in [5, 5.41) is 0. The zero-order valence-electron chi connectivity index (χ0n) is 15.3. The third kappa shape index (κ3) is 3.02. The summed E-state index contributed by atoms with van der Waals surface area (Å²) < 4.78 is 46.2. The highest BCUT2D eigenvalue weighted by Gasteiger charge is 2.31. The molecule has 0 aliphatic heterocycles. The summed E-state index contributed by atoms with van der Waals surface area (Å²) in [5.41, 5.74) is 3.36. The lowest BCUT2D eigenvalue weighted by Crippen LogP contribution is -2.06. The molecule has 0 unspecified atom stereocenters. The van der Waals surface area contributed by atoms with Crippen molar-refractivity contribution < 1.29 is 17.9 Å². The minimum atomic E-state index is -4.43. The number of aryl methyl sites for hydroxylation is 2. The Morgan fingerprint density at radius 1 is 1.12 bits per heavy atom. The second kappa shape index (κ2) is 6.30. The molecule has 0 saturated heterocycles. The van der Waals surface area contributed by atoms with Crippen LogP contribution in [0.4, 0.5) is 13.2 Å². The number of aromatic nitrogens is 3. The molecule has 2 aromatic heterocycles. The summed E-state index contributed by atoms with van der Waals surface area (Å²) in [7, 11) is 1.35. The van der Waals surface area contributed by atoms with Gasteiger partial charge in [-0.25, -0.2) is 9.97 Å². The number of fused-ring (bicyclic) bond motifs is 1. The fraction of sp³-hybridized carbons (Fsp3) is 0.368. The van der Waals surface area contributed by atoms with E-state index in [0.29, 0.717) is 17.0 Å². The van der Waals surface area contributed by atoms with Gasteiger partial charge in [-0.3, -0.25) is 0 Å². The Morgan fingerprint density at radius 2 is 1.81 bits per heavy atom. The van der Waals surface area contributed by atoms with Crippen LogP contribution in [0, 0.1) is 13.8 Å². The predicted octanol–water partition coefficient (Wildman–Crippen LogP) is 5.32. The maximum atomic E-state index is 13.0. The van der Waals surface area contributed by atoms with Crippen molar-refractivity contribution in [1.29, 1.82) is 0 Å². The lowest BCUT2D eigenvalue weighted by Gasteiger charge is -2.14. The first-order chi connectivity index (χ1) is 12.1. The molecule has 0 saturated carbocycles. The van der Waals surface area contributed by atoms with E-state index in [9.17, 15) is 13.2 Å². The van der Waals surface area contributed by atoms with E-state index in [0.717, 1.165) is 28.9 Å². The highest BCUT2D eigenvalue weighted by Crippen LogP contribution is 2.38. The second-order valence-electron chi connectivity index (χ2n) is 6.56. The highest BCUT2D eigenvalue weighted by atomic mass is 19.4. The lowest BCUT2D eigenvalue weighted by molar-refractivity contribution is -0.137. The van der Waals surface area contributed by atoms with Crippen LogP contribution in [0.1, 0.15) is 36.7 Å².